The fraction of sp³-hybridized carbons (Fsp3) is 0.710. The van der Waals surface area contributed by atoms with E-state index in [2.05, 4.69) is 20.3 Å². The highest BCUT2D eigenvalue weighted by Crippen LogP contribution is 2.46. The van der Waals surface area contributed by atoms with E-state index in [1.165, 1.54) is 38.3 Å². The van der Waals surface area contributed by atoms with Crippen LogP contribution >= 0.6 is 0 Å². The number of nitrogens with zero attached hydrogens (tertiary/aromatic N) is 4. The molecule has 3 aliphatic rings. The quantitative estimate of drug-likeness (QED) is 0.0352. The second-order valence-electron chi connectivity index (χ2n) is 25.3. The number of likely N-dealkylation sites (N-methyl/N-ethyl adjacent to an activating group) is 1. The number of aryl methyl sites for hydroxylation is 1. The van der Waals surface area contributed by atoms with Crippen molar-refractivity contribution in [2.45, 2.75) is 217 Å². The number of aliphatic hydroxyl groups is 5. The summed E-state index contributed by atoms with van der Waals surface area (Å²) in [6.07, 6.45) is -10.9. The highest BCUT2D eigenvalue weighted by molar-refractivity contribution is 7.89. The van der Waals surface area contributed by atoms with Crippen molar-refractivity contribution in [2.75, 3.05) is 40.9 Å². The van der Waals surface area contributed by atoms with Crippen LogP contribution in [0.5, 0.6) is 0 Å². The van der Waals surface area contributed by atoms with Crippen LogP contribution in [0.2, 0.25) is 0 Å². The summed E-state index contributed by atoms with van der Waals surface area (Å²) in [5.74, 6) is -5.45. The van der Waals surface area contributed by atoms with E-state index in [0.29, 0.717) is 43.4 Å². The van der Waals surface area contributed by atoms with Gasteiger partial charge in [0.15, 0.2) is 12.0 Å². The summed E-state index contributed by atoms with van der Waals surface area (Å²) < 4.78 is 103. The maximum absolute atomic E-state index is 14.7. The number of benzene rings is 2. The molecule has 21 nitrogen and oxygen atoms in total. The van der Waals surface area contributed by atoms with Crippen LogP contribution in [0.1, 0.15) is 132 Å². The average Bonchev–Trinajstić information content (AvgIpc) is 1.40. The summed E-state index contributed by atoms with van der Waals surface area (Å²) in [5, 5.41) is 71.7. The number of aliphatic hydroxyl groups excluding tert-OH is 3. The first-order chi connectivity index (χ1) is 40.6. The molecule has 0 radical (unpaired) electrons. The van der Waals surface area contributed by atoms with Crippen molar-refractivity contribution < 1.29 is 85.2 Å². The molecule has 3 aliphatic heterocycles. The second kappa shape index (κ2) is 29.5. The number of rotatable bonds is 20. The monoisotopic (exact) mass is 1250 g/mol. The van der Waals surface area contributed by atoms with Gasteiger partial charge in [-0.1, -0.05) is 76.0 Å². The summed E-state index contributed by atoms with van der Waals surface area (Å²) in [4.78, 5) is 35.1. The molecule has 4 heterocycles. The Morgan fingerprint density at radius 2 is 1.55 bits per heavy atom. The Kier molecular flexibility index (Phi) is 24.3. The minimum Gasteiger partial charge on any atom is -0.459 e. The number of cyclic esters (lactones) is 1. The summed E-state index contributed by atoms with van der Waals surface area (Å²) in [5.41, 5.74) is -4.01. The van der Waals surface area contributed by atoms with Crippen LogP contribution in [0.15, 0.2) is 64.6 Å². The van der Waals surface area contributed by atoms with Gasteiger partial charge in [-0.05, 0) is 130 Å². The Morgan fingerprint density at radius 3 is 2.16 bits per heavy atom. The molecular formula is C62H95F3N6O15S. The van der Waals surface area contributed by atoms with Gasteiger partial charge >= 0.3 is 12.1 Å². The zero-order valence-electron chi connectivity index (χ0n) is 52.8. The molecule has 0 bridgehead atoms. The number of nitrogens with one attached hydrogen (secondary N) is 2. The molecule has 6 rings (SSSR count). The first-order valence-electron chi connectivity index (χ1n) is 30.3. The molecule has 490 valence electrons. The van der Waals surface area contributed by atoms with Crippen molar-refractivity contribution in [1.29, 1.82) is 0 Å². The first-order valence-corrected chi connectivity index (χ1v) is 31.7. The molecule has 25 heteroatoms. The van der Waals surface area contributed by atoms with Crippen molar-refractivity contribution in [1.82, 2.24) is 24.7 Å². The number of hydrogen-bond acceptors (Lipinski definition) is 18. The normalized spacial score (nSPS) is 34.8. The third kappa shape index (κ3) is 17.2. The lowest BCUT2D eigenvalue weighted by atomic mass is 9.67. The number of carbonyl (C=O) groups is 2. The summed E-state index contributed by atoms with van der Waals surface area (Å²) in [7, 11) is 0.993. The van der Waals surface area contributed by atoms with Gasteiger partial charge in [-0.25, -0.2) is 17.8 Å². The predicted octanol–water partition coefficient (Wildman–Crippen LogP) is 6.70. The molecule has 3 saturated heterocycles. The molecule has 0 spiro atoms. The molecule has 0 aliphatic carbocycles. The molecule has 1 unspecified atom stereocenters. The van der Waals surface area contributed by atoms with Gasteiger partial charge in [-0.2, -0.15) is 18.3 Å². The Labute approximate surface area is 510 Å². The van der Waals surface area contributed by atoms with E-state index < -0.39 is 136 Å². The van der Waals surface area contributed by atoms with Crippen molar-refractivity contribution in [2.24, 2.45) is 34.7 Å². The highest BCUT2D eigenvalue weighted by atomic mass is 32.2. The number of alkyl halides is 3. The molecule has 7 N–H and O–H groups in total. The van der Waals surface area contributed by atoms with Gasteiger partial charge in [-0.3, -0.25) is 9.59 Å². The molecule has 18 atom stereocenters. The van der Waals surface area contributed by atoms with E-state index in [4.69, 9.17) is 28.5 Å². The number of oxime groups is 1. The number of unbranched alkanes of at least 4 members (excludes halogenated alkanes) is 3. The van der Waals surface area contributed by atoms with Crippen molar-refractivity contribution in [3.63, 3.8) is 0 Å². The molecule has 1 aromatic heterocycles. The van der Waals surface area contributed by atoms with E-state index in [9.17, 15) is 56.7 Å². The van der Waals surface area contributed by atoms with Crippen LogP contribution in [0.25, 0.3) is 16.9 Å². The number of methoxy groups -OCH3 is 1. The van der Waals surface area contributed by atoms with Crippen LogP contribution in [0, 0.1) is 36.5 Å². The Bertz CT molecular complexity index is 2880. The lowest BCUT2D eigenvalue weighted by Crippen LogP contribution is -2.62. The smallest absolute Gasteiger partial charge is 0.435 e. The number of carbonyl (C=O) groups excluding carboxylic acids is 2. The van der Waals surface area contributed by atoms with Gasteiger partial charge in [0, 0.05) is 49.4 Å². The molecule has 2 aromatic carbocycles. The minimum atomic E-state index is -4.72. The van der Waals surface area contributed by atoms with E-state index in [-0.39, 0.29) is 60.8 Å². The van der Waals surface area contributed by atoms with Crippen LogP contribution in [0.4, 0.5) is 13.2 Å². The molecule has 1 amide bonds. The molecule has 0 saturated carbocycles. The summed E-state index contributed by atoms with van der Waals surface area (Å²) >= 11 is 0. The number of halogens is 3. The van der Waals surface area contributed by atoms with Gasteiger partial charge in [-0.15, -0.1) is 0 Å². The van der Waals surface area contributed by atoms with Gasteiger partial charge in [0.2, 0.25) is 15.9 Å². The zero-order valence-corrected chi connectivity index (χ0v) is 53.6. The lowest BCUT2D eigenvalue weighted by Gasteiger charge is -2.51. The Morgan fingerprint density at radius 1 is 0.908 bits per heavy atom. The highest BCUT2D eigenvalue weighted by Gasteiger charge is 2.56. The first kappa shape index (κ1) is 71.4. The fourth-order valence-electron chi connectivity index (χ4n) is 12.9. The Balaban J connectivity index is 1.12. The van der Waals surface area contributed by atoms with Gasteiger partial charge in [0.25, 0.3) is 0 Å². The van der Waals surface area contributed by atoms with Crippen molar-refractivity contribution in [3.05, 3.63) is 65.9 Å². The van der Waals surface area contributed by atoms with E-state index >= 15 is 0 Å². The SMILES string of the molecule is CC[C@H]1OC(=O)[C@H](C)[C@@H](C2C[C@@](C)(OC)[C@@H](O)[C@H](C)O2)[C@H](C)[C@@H](O[C@@H]2O[C@H](C)C[C@H](N(C)C)[C@H]2O)[C@](C)(O)C[C@@H](C)/C(=N\OCCCCCCNC(=O)CNS(=O)(=O)c2ccc(-n3nc(C(F)(F)F)cc3-c3ccc(C)cc3)cc2)[C@H](C)[C@@H](O)[C@]1(C)O. The van der Waals surface area contributed by atoms with Crippen LogP contribution in [0.3, 0.4) is 0 Å². The molecular weight excluding hydrogens is 1160 g/mol. The number of amides is 1. The minimum absolute atomic E-state index is 0.0567. The maximum atomic E-state index is 14.7. The molecule has 87 heavy (non-hydrogen) atoms. The van der Waals surface area contributed by atoms with Crippen LogP contribution in [-0.2, 0) is 54.3 Å². The second-order valence-corrected chi connectivity index (χ2v) is 27.0. The summed E-state index contributed by atoms with van der Waals surface area (Å²) in [6, 6.07) is 12.5. The average molecular weight is 1250 g/mol. The van der Waals surface area contributed by atoms with Crippen molar-refractivity contribution in [3.8, 4) is 16.9 Å². The van der Waals surface area contributed by atoms with Crippen LogP contribution < -0.4 is 10.0 Å². The van der Waals surface area contributed by atoms with Crippen molar-refractivity contribution >= 4 is 27.6 Å². The zero-order chi connectivity index (χ0) is 64.7. The van der Waals surface area contributed by atoms with E-state index in [1.807, 2.05) is 46.7 Å². The number of aromatic nitrogens is 2. The number of sulfonamides is 1. The van der Waals surface area contributed by atoms with E-state index in [0.717, 1.165) is 16.3 Å². The maximum Gasteiger partial charge on any atom is 0.435 e. The molecule has 3 fully saturated rings. The number of hydrogen-bond donors (Lipinski definition) is 7. The Hall–Kier alpha value is -4.64. The van der Waals surface area contributed by atoms with Crippen LogP contribution in [-0.4, -0.2) is 185 Å². The van der Waals surface area contributed by atoms with Gasteiger partial charge in [0.1, 0.15) is 30.5 Å². The summed E-state index contributed by atoms with van der Waals surface area (Å²) in [6.45, 7) is 18.7. The largest absolute Gasteiger partial charge is 0.459 e. The standard InChI is InChI=1S/C62H95F3N6O15S/c1-15-49-61(11,78)54(74)40(7)52(36(3)32-59(9,77)56(86-58-53(73)46(70(12)13)30-37(4)83-58)38(5)51(39(6)57(76)85-49)47-33-60(10,81-14)55(75)41(8)84-47)69-82-29-19-17-16-18-28-66-50(72)34-67-87(79,80)44-26-24-43(25-27-44)71-45(31-48(68-71)62(63,64)65)42-22-20-35(2)21-23-42/h20-27,31,36-41,46-47,49,51,53-56,58,67,73-75,77-78H,15-19,28-30,32-34H2,1-14H3,(H,66,72)/b69-52+/t36-,37-,38+,39-,40+,41+,46+,47?,49-,51+,53-,54-,55+,56-,58+,59-,60-,61-/m1/s1. The topological polar surface area (TPSA) is 282 Å². The third-order valence-electron chi connectivity index (χ3n) is 18.0. The molecule has 3 aromatic rings. The number of ether oxygens (including phenoxy) is 5. The third-order valence-corrected chi connectivity index (χ3v) is 19.4. The van der Waals surface area contributed by atoms with E-state index in [1.54, 1.807) is 65.8 Å². The predicted molar refractivity (Wildman–Crippen MR) is 319 cm³/mol. The fourth-order valence-corrected chi connectivity index (χ4v) is 13.8. The number of esters is 1. The lowest BCUT2D eigenvalue weighted by molar-refractivity contribution is -0.302. The van der Waals surface area contributed by atoms with Gasteiger partial charge < -0.3 is 64.3 Å². The van der Waals surface area contributed by atoms with Gasteiger partial charge in [0.05, 0.1) is 76.2 Å².